The maximum atomic E-state index is 11.9. The molecule has 0 aliphatic carbocycles. The highest BCUT2D eigenvalue weighted by Crippen LogP contribution is 2.35. The lowest BCUT2D eigenvalue weighted by atomic mass is 9.88. The molecule has 1 rings (SSSR count). The van der Waals surface area contributed by atoms with Crippen molar-refractivity contribution in [3.05, 3.63) is 12.2 Å². The molecule has 0 spiro atoms. The summed E-state index contributed by atoms with van der Waals surface area (Å²) >= 11 is 2.01. The predicted octanol–water partition coefficient (Wildman–Crippen LogP) is 5.10. The van der Waals surface area contributed by atoms with Gasteiger partial charge < -0.3 is 5.11 Å². The van der Waals surface area contributed by atoms with Gasteiger partial charge in [-0.05, 0) is 55.4 Å². The molecule has 1 fully saturated rings. The molecule has 0 amide bonds. The molecular formula is C19H32O3S. The normalized spacial score (nSPS) is 21.1. The van der Waals surface area contributed by atoms with E-state index in [1.807, 2.05) is 11.8 Å². The van der Waals surface area contributed by atoms with Crippen LogP contribution in [-0.4, -0.2) is 28.4 Å². The average molecular weight is 341 g/mol. The minimum absolute atomic E-state index is 0.256. The van der Waals surface area contributed by atoms with Gasteiger partial charge >= 0.3 is 5.97 Å². The SMILES string of the molecule is CCCCCC(=O)CC[C@@H]1CSC[C@@H]1CC=CCCCC(=O)O. The van der Waals surface area contributed by atoms with Gasteiger partial charge in [0.2, 0.25) is 0 Å². The van der Waals surface area contributed by atoms with Crippen molar-refractivity contribution in [2.75, 3.05) is 11.5 Å². The van der Waals surface area contributed by atoms with Crippen molar-refractivity contribution < 1.29 is 14.7 Å². The molecule has 0 aromatic carbocycles. The number of carbonyl (C=O) groups excluding carboxylic acids is 1. The van der Waals surface area contributed by atoms with Crippen molar-refractivity contribution in [3.63, 3.8) is 0 Å². The number of unbranched alkanes of at least 4 members (excludes halogenated alkanes) is 3. The number of Topliss-reactive ketones (excluding diaryl/α,β-unsaturated/α-hetero) is 1. The van der Waals surface area contributed by atoms with E-state index < -0.39 is 5.97 Å². The number of hydrogen-bond acceptors (Lipinski definition) is 3. The van der Waals surface area contributed by atoms with Crippen molar-refractivity contribution in [2.45, 2.75) is 71.1 Å². The van der Waals surface area contributed by atoms with Crippen LogP contribution in [0.2, 0.25) is 0 Å². The minimum atomic E-state index is -0.714. The Balaban J connectivity index is 2.16. The summed E-state index contributed by atoms with van der Waals surface area (Å²) in [6.07, 6.45) is 13.2. The summed E-state index contributed by atoms with van der Waals surface area (Å²) in [7, 11) is 0. The smallest absolute Gasteiger partial charge is 0.303 e. The third-order valence-electron chi connectivity index (χ3n) is 4.55. The van der Waals surface area contributed by atoms with Crippen LogP contribution >= 0.6 is 11.8 Å². The highest BCUT2D eigenvalue weighted by Gasteiger charge is 2.26. The van der Waals surface area contributed by atoms with E-state index in [4.69, 9.17) is 5.11 Å². The molecule has 1 heterocycles. The first-order chi connectivity index (χ1) is 11.1. The van der Waals surface area contributed by atoms with Gasteiger partial charge in [0.25, 0.3) is 0 Å². The summed E-state index contributed by atoms with van der Waals surface area (Å²) in [6.45, 7) is 2.17. The first-order valence-electron chi connectivity index (χ1n) is 9.09. The zero-order chi connectivity index (χ0) is 16.9. The van der Waals surface area contributed by atoms with Gasteiger partial charge in [-0.1, -0.05) is 31.9 Å². The van der Waals surface area contributed by atoms with Crippen LogP contribution in [0.1, 0.15) is 71.1 Å². The molecule has 132 valence electrons. The van der Waals surface area contributed by atoms with Gasteiger partial charge in [0.1, 0.15) is 5.78 Å². The van der Waals surface area contributed by atoms with Crippen LogP contribution in [0.25, 0.3) is 0 Å². The quantitative estimate of drug-likeness (QED) is 0.374. The van der Waals surface area contributed by atoms with Gasteiger partial charge in [0.05, 0.1) is 0 Å². The Bertz CT molecular complexity index is 379. The van der Waals surface area contributed by atoms with Crippen LogP contribution in [0.3, 0.4) is 0 Å². The first kappa shape index (κ1) is 20.3. The van der Waals surface area contributed by atoms with E-state index in [2.05, 4.69) is 19.1 Å². The largest absolute Gasteiger partial charge is 0.481 e. The third kappa shape index (κ3) is 9.85. The molecule has 0 saturated carbocycles. The molecule has 1 saturated heterocycles. The van der Waals surface area contributed by atoms with Gasteiger partial charge in [0, 0.05) is 19.3 Å². The van der Waals surface area contributed by atoms with Gasteiger partial charge in [-0.2, -0.15) is 11.8 Å². The molecule has 1 aliphatic rings. The lowest BCUT2D eigenvalue weighted by molar-refractivity contribution is -0.137. The lowest BCUT2D eigenvalue weighted by Gasteiger charge is -2.16. The number of carboxylic acids is 1. The molecule has 0 unspecified atom stereocenters. The van der Waals surface area contributed by atoms with Crippen LogP contribution in [0.15, 0.2) is 12.2 Å². The molecule has 1 N–H and O–H groups in total. The monoisotopic (exact) mass is 340 g/mol. The molecule has 23 heavy (non-hydrogen) atoms. The summed E-state index contributed by atoms with van der Waals surface area (Å²) < 4.78 is 0. The molecule has 0 radical (unpaired) electrons. The Morgan fingerprint density at radius 3 is 2.57 bits per heavy atom. The second kappa shape index (κ2) is 12.6. The average Bonchev–Trinajstić information content (AvgIpc) is 2.96. The maximum absolute atomic E-state index is 11.9. The van der Waals surface area contributed by atoms with Crippen molar-refractivity contribution in [1.29, 1.82) is 0 Å². The highest BCUT2D eigenvalue weighted by molar-refractivity contribution is 7.99. The van der Waals surface area contributed by atoms with Crippen LogP contribution in [0.4, 0.5) is 0 Å². The van der Waals surface area contributed by atoms with Gasteiger partial charge in [-0.3, -0.25) is 9.59 Å². The van der Waals surface area contributed by atoms with E-state index in [0.29, 0.717) is 17.6 Å². The van der Waals surface area contributed by atoms with E-state index in [9.17, 15) is 9.59 Å². The Hall–Kier alpha value is -0.770. The van der Waals surface area contributed by atoms with E-state index in [0.717, 1.165) is 44.9 Å². The summed E-state index contributed by atoms with van der Waals surface area (Å²) in [5, 5.41) is 8.59. The molecule has 0 aromatic rings. The molecule has 3 nitrogen and oxygen atoms in total. The Morgan fingerprint density at radius 1 is 1.04 bits per heavy atom. The number of aliphatic carboxylic acids is 1. The number of carboxylic acid groups (broad SMARTS) is 1. The van der Waals surface area contributed by atoms with Gasteiger partial charge in [-0.25, -0.2) is 0 Å². The zero-order valence-electron chi connectivity index (χ0n) is 14.5. The molecule has 1 aliphatic heterocycles. The molecule has 0 bridgehead atoms. The number of carbonyl (C=O) groups is 2. The molecule has 4 heteroatoms. The fourth-order valence-electron chi connectivity index (χ4n) is 3.03. The maximum Gasteiger partial charge on any atom is 0.303 e. The summed E-state index contributed by atoms with van der Waals surface area (Å²) in [6, 6.07) is 0. The van der Waals surface area contributed by atoms with E-state index in [1.54, 1.807) is 0 Å². The molecule has 0 aromatic heterocycles. The van der Waals surface area contributed by atoms with Crippen LogP contribution in [-0.2, 0) is 9.59 Å². The summed E-state index contributed by atoms with van der Waals surface area (Å²) in [5.74, 6) is 3.50. The van der Waals surface area contributed by atoms with Crippen molar-refractivity contribution in [1.82, 2.24) is 0 Å². The molecular weight excluding hydrogens is 308 g/mol. The van der Waals surface area contributed by atoms with E-state index >= 15 is 0 Å². The highest BCUT2D eigenvalue weighted by atomic mass is 32.2. The van der Waals surface area contributed by atoms with Crippen molar-refractivity contribution in [2.24, 2.45) is 11.8 Å². The first-order valence-corrected chi connectivity index (χ1v) is 10.2. The summed E-state index contributed by atoms with van der Waals surface area (Å²) in [5.41, 5.74) is 0. The third-order valence-corrected chi connectivity index (χ3v) is 5.88. The van der Waals surface area contributed by atoms with Gasteiger partial charge in [-0.15, -0.1) is 0 Å². The second-order valence-corrected chi connectivity index (χ2v) is 7.66. The number of hydrogen-bond donors (Lipinski definition) is 1. The van der Waals surface area contributed by atoms with E-state index in [-0.39, 0.29) is 6.42 Å². The molecule has 2 atom stereocenters. The fourth-order valence-corrected chi connectivity index (χ4v) is 4.61. The Kier molecular flexibility index (Phi) is 11.1. The fraction of sp³-hybridized carbons (Fsp3) is 0.789. The van der Waals surface area contributed by atoms with Crippen molar-refractivity contribution in [3.8, 4) is 0 Å². The number of allylic oxidation sites excluding steroid dienone is 2. The van der Waals surface area contributed by atoms with E-state index in [1.165, 1.54) is 24.3 Å². The standard InChI is InChI=1S/C19H32O3S/c1-2-3-6-10-18(20)13-12-17-15-23-14-16(17)9-7-4-5-8-11-19(21)22/h4,7,16-17H,2-3,5-6,8-15H2,1H3,(H,21,22)/t16-,17+/m0/s1. The summed E-state index contributed by atoms with van der Waals surface area (Å²) in [4.78, 5) is 22.3. The second-order valence-electron chi connectivity index (χ2n) is 6.59. The van der Waals surface area contributed by atoms with Crippen LogP contribution < -0.4 is 0 Å². The number of thioether (sulfide) groups is 1. The van der Waals surface area contributed by atoms with Crippen LogP contribution in [0.5, 0.6) is 0 Å². The zero-order valence-corrected chi connectivity index (χ0v) is 15.3. The van der Waals surface area contributed by atoms with Crippen molar-refractivity contribution >= 4 is 23.5 Å². The van der Waals surface area contributed by atoms with Gasteiger partial charge in [0.15, 0.2) is 0 Å². The van der Waals surface area contributed by atoms with Crippen LogP contribution in [0, 0.1) is 11.8 Å². The number of ketones is 1. The Morgan fingerprint density at radius 2 is 1.83 bits per heavy atom. The predicted molar refractivity (Wildman–Crippen MR) is 97.9 cm³/mol. The lowest BCUT2D eigenvalue weighted by Crippen LogP contribution is -2.13. The topological polar surface area (TPSA) is 54.4 Å². The minimum Gasteiger partial charge on any atom is -0.481 e. The number of rotatable bonds is 13. The Labute approximate surface area is 145 Å².